The highest BCUT2D eigenvalue weighted by Gasteiger charge is 2.02. The molecule has 0 bridgehead atoms. The predicted molar refractivity (Wildman–Crippen MR) is 77.4 cm³/mol. The van der Waals surface area contributed by atoms with Gasteiger partial charge in [0.1, 0.15) is 0 Å². The first-order chi connectivity index (χ1) is 8.72. The van der Waals surface area contributed by atoms with E-state index in [1.807, 2.05) is 24.4 Å². The zero-order valence-corrected chi connectivity index (χ0v) is 11.5. The third-order valence-corrected chi connectivity index (χ3v) is 3.34. The van der Waals surface area contributed by atoms with Gasteiger partial charge in [-0.25, -0.2) is 4.98 Å². The molecule has 0 aliphatic rings. The number of halogens is 1. The molecule has 88 valence electrons. The van der Waals surface area contributed by atoms with Crippen LogP contribution in [0.2, 0.25) is 0 Å². The minimum absolute atomic E-state index is 0.903. The summed E-state index contributed by atoms with van der Waals surface area (Å²) >= 11 is 3.45. The molecule has 0 N–H and O–H groups in total. The molecule has 0 spiro atoms. The van der Waals surface area contributed by atoms with Crippen LogP contribution >= 0.6 is 15.9 Å². The Morgan fingerprint density at radius 3 is 2.50 bits per heavy atom. The van der Waals surface area contributed by atoms with Gasteiger partial charge in [-0.1, -0.05) is 45.8 Å². The average Bonchev–Trinajstić information content (AvgIpc) is 2.38. The lowest BCUT2D eigenvalue weighted by atomic mass is 10.1. The Morgan fingerprint density at radius 1 is 0.944 bits per heavy atom. The van der Waals surface area contributed by atoms with E-state index >= 15 is 0 Å². The summed E-state index contributed by atoms with van der Waals surface area (Å²) in [4.78, 5) is 9.08. The van der Waals surface area contributed by atoms with Gasteiger partial charge in [-0.3, -0.25) is 4.98 Å². The van der Waals surface area contributed by atoms with E-state index < -0.39 is 0 Å². The smallest absolute Gasteiger partial charge is 0.0905 e. The Kier molecular flexibility index (Phi) is 2.84. The highest BCUT2D eigenvalue weighted by Crippen LogP contribution is 2.21. The molecule has 0 atom stereocenters. The van der Waals surface area contributed by atoms with Gasteiger partial charge in [0, 0.05) is 10.0 Å². The van der Waals surface area contributed by atoms with Crippen molar-refractivity contribution in [3.63, 3.8) is 0 Å². The zero-order valence-electron chi connectivity index (χ0n) is 9.89. The van der Waals surface area contributed by atoms with E-state index in [9.17, 15) is 0 Å². The number of hydrogen-bond donors (Lipinski definition) is 0. The second-order valence-corrected chi connectivity index (χ2v) is 5.17. The highest BCUT2D eigenvalue weighted by molar-refractivity contribution is 9.10. The number of nitrogens with zero attached hydrogens (tertiary/aromatic N) is 2. The van der Waals surface area contributed by atoms with E-state index in [-0.39, 0.29) is 0 Å². The largest absolute Gasteiger partial charge is 0.252 e. The summed E-state index contributed by atoms with van der Waals surface area (Å²) in [6.07, 6.45) is 1.82. The Bertz CT molecular complexity index is 705. The Labute approximate surface area is 114 Å². The molecule has 0 radical (unpaired) electrons. The fourth-order valence-corrected chi connectivity index (χ4v) is 2.20. The summed E-state index contributed by atoms with van der Waals surface area (Å²) in [5.74, 6) is 0. The van der Waals surface area contributed by atoms with E-state index in [0.717, 1.165) is 26.8 Å². The topological polar surface area (TPSA) is 25.8 Å². The van der Waals surface area contributed by atoms with E-state index in [1.54, 1.807) is 0 Å². The Morgan fingerprint density at radius 2 is 1.72 bits per heavy atom. The van der Waals surface area contributed by atoms with Gasteiger partial charge < -0.3 is 0 Å². The molecule has 3 heteroatoms. The molecular weight excluding hydrogens is 288 g/mol. The molecular formula is C15H11BrN2. The summed E-state index contributed by atoms with van der Waals surface area (Å²) in [7, 11) is 0. The van der Waals surface area contributed by atoms with Gasteiger partial charge in [0.25, 0.3) is 0 Å². The molecule has 3 aromatic rings. The molecule has 0 aliphatic carbocycles. The molecule has 0 unspecified atom stereocenters. The SMILES string of the molecule is Cc1ccc(-c2cnc3ccc(Br)cc3n2)cc1. The van der Waals surface area contributed by atoms with Crippen LogP contribution in [-0.4, -0.2) is 9.97 Å². The van der Waals surface area contributed by atoms with Gasteiger partial charge in [-0.05, 0) is 25.1 Å². The van der Waals surface area contributed by atoms with Crippen LogP contribution in [0.1, 0.15) is 5.56 Å². The standard InChI is InChI=1S/C15H11BrN2/c1-10-2-4-11(5-3-10)15-9-17-13-7-6-12(16)8-14(13)18-15/h2-9H,1H3. The second kappa shape index (κ2) is 4.50. The fourth-order valence-electron chi connectivity index (χ4n) is 1.85. The molecule has 18 heavy (non-hydrogen) atoms. The van der Waals surface area contributed by atoms with Gasteiger partial charge >= 0.3 is 0 Å². The van der Waals surface area contributed by atoms with Gasteiger partial charge in [0.2, 0.25) is 0 Å². The van der Waals surface area contributed by atoms with Gasteiger partial charge in [0.15, 0.2) is 0 Å². The third kappa shape index (κ3) is 2.14. The van der Waals surface area contributed by atoms with Crippen LogP contribution < -0.4 is 0 Å². The first kappa shape index (κ1) is 11.4. The molecule has 1 aromatic heterocycles. The second-order valence-electron chi connectivity index (χ2n) is 4.25. The average molecular weight is 299 g/mol. The van der Waals surface area contributed by atoms with E-state index in [0.29, 0.717) is 0 Å². The van der Waals surface area contributed by atoms with Crippen molar-refractivity contribution in [2.45, 2.75) is 6.92 Å². The predicted octanol–water partition coefficient (Wildman–Crippen LogP) is 4.37. The monoisotopic (exact) mass is 298 g/mol. The van der Waals surface area contributed by atoms with Gasteiger partial charge in [-0.15, -0.1) is 0 Å². The third-order valence-electron chi connectivity index (χ3n) is 2.85. The van der Waals surface area contributed by atoms with E-state index in [4.69, 9.17) is 0 Å². The van der Waals surface area contributed by atoms with Crippen LogP contribution in [0.25, 0.3) is 22.3 Å². The van der Waals surface area contributed by atoms with Crippen LogP contribution in [0, 0.1) is 6.92 Å². The number of aryl methyl sites for hydroxylation is 1. The van der Waals surface area contributed by atoms with Gasteiger partial charge in [0.05, 0.1) is 22.9 Å². The number of rotatable bonds is 1. The van der Waals surface area contributed by atoms with Gasteiger partial charge in [-0.2, -0.15) is 0 Å². The number of benzene rings is 2. The minimum Gasteiger partial charge on any atom is -0.252 e. The molecule has 0 aliphatic heterocycles. The van der Waals surface area contributed by atoms with Crippen molar-refractivity contribution < 1.29 is 0 Å². The van der Waals surface area contributed by atoms with Crippen molar-refractivity contribution in [1.29, 1.82) is 0 Å². The van der Waals surface area contributed by atoms with E-state index in [2.05, 4.69) is 57.1 Å². The van der Waals surface area contributed by atoms with E-state index in [1.165, 1.54) is 5.56 Å². The first-order valence-corrected chi connectivity index (χ1v) is 6.51. The lowest BCUT2D eigenvalue weighted by Crippen LogP contribution is -1.88. The van der Waals surface area contributed by atoms with Crippen molar-refractivity contribution in [2.75, 3.05) is 0 Å². The van der Waals surface area contributed by atoms with Crippen LogP contribution in [0.5, 0.6) is 0 Å². The van der Waals surface area contributed by atoms with Crippen molar-refractivity contribution in [1.82, 2.24) is 9.97 Å². The highest BCUT2D eigenvalue weighted by atomic mass is 79.9. The normalized spacial score (nSPS) is 10.8. The molecule has 1 heterocycles. The van der Waals surface area contributed by atoms with Crippen molar-refractivity contribution in [3.8, 4) is 11.3 Å². The summed E-state index contributed by atoms with van der Waals surface area (Å²) in [5, 5.41) is 0. The summed E-state index contributed by atoms with van der Waals surface area (Å²) < 4.78 is 1.02. The maximum absolute atomic E-state index is 4.64. The lowest BCUT2D eigenvalue weighted by molar-refractivity contribution is 1.29. The molecule has 0 amide bonds. The Balaban J connectivity index is 2.15. The Hall–Kier alpha value is -1.74. The molecule has 2 nitrogen and oxygen atoms in total. The number of hydrogen-bond acceptors (Lipinski definition) is 2. The summed E-state index contributed by atoms with van der Waals surface area (Å²) in [6.45, 7) is 2.08. The van der Waals surface area contributed by atoms with Crippen LogP contribution in [-0.2, 0) is 0 Å². The van der Waals surface area contributed by atoms with Crippen molar-refractivity contribution in [2.24, 2.45) is 0 Å². The zero-order chi connectivity index (χ0) is 12.5. The van der Waals surface area contributed by atoms with Crippen LogP contribution in [0.3, 0.4) is 0 Å². The maximum Gasteiger partial charge on any atom is 0.0905 e. The molecule has 0 saturated carbocycles. The summed E-state index contributed by atoms with van der Waals surface area (Å²) in [5.41, 5.74) is 5.06. The fraction of sp³-hybridized carbons (Fsp3) is 0.0667. The summed E-state index contributed by atoms with van der Waals surface area (Å²) in [6, 6.07) is 14.2. The lowest BCUT2D eigenvalue weighted by Gasteiger charge is -2.03. The molecule has 0 saturated heterocycles. The minimum atomic E-state index is 0.903. The first-order valence-electron chi connectivity index (χ1n) is 5.72. The molecule has 2 aromatic carbocycles. The number of fused-ring (bicyclic) bond motifs is 1. The van der Waals surface area contributed by atoms with Crippen molar-refractivity contribution in [3.05, 3.63) is 58.7 Å². The van der Waals surface area contributed by atoms with Crippen LogP contribution in [0.15, 0.2) is 53.1 Å². The molecule has 0 fully saturated rings. The quantitative estimate of drug-likeness (QED) is 0.667. The molecule has 3 rings (SSSR count). The maximum atomic E-state index is 4.64. The van der Waals surface area contributed by atoms with Crippen molar-refractivity contribution >= 4 is 27.0 Å². The number of aromatic nitrogens is 2. The van der Waals surface area contributed by atoms with Crippen LogP contribution in [0.4, 0.5) is 0 Å².